The number of carbonyl (C=O) groups excluding carboxylic acids is 1. The summed E-state index contributed by atoms with van der Waals surface area (Å²) in [4.78, 5) is 29.5. The molecule has 0 saturated carbocycles. The Kier molecular flexibility index (Phi) is 7.19. The number of hydrogen-bond donors (Lipinski definition) is 2. The Hall–Kier alpha value is -3.55. The van der Waals surface area contributed by atoms with Crippen molar-refractivity contribution in [1.82, 2.24) is 9.97 Å². The lowest BCUT2D eigenvalue weighted by molar-refractivity contribution is 0.0527. The Bertz CT molecular complexity index is 1080. The summed E-state index contributed by atoms with van der Waals surface area (Å²) in [5.74, 6) is 0.913. The van der Waals surface area contributed by atoms with Crippen LogP contribution >= 0.6 is 0 Å². The summed E-state index contributed by atoms with van der Waals surface area (Å²) in [6.45, 7) is 5.86. The number of H-pyrrole nitrogens is 1. The van der Waals surface area contributed by atoms with E-state index in [0.29, 0.717) is 40.3 Å². The molecule has 2 aromatic carbocycles. The third kappa shape index (κ3) is 5.04. The molecule has 0 unspecified atom stereocenters. The zero-order valence-corrected chi connectivity index (χ0v) is 17.2. The van der Waals surface area contributed by atoms with E-state index < -0.39 is 5.97 Å². The normalized spacial score (nSPS) is 10.1. The molecule has 3 aromatic rings. The number of benzene rings is 2. The highest BCUT2D eigenvalue weighted by atomic mass is 16.5. The van der Waals surface area contributed by atoms with E-state index in [1.807, 2.05) is 19.9 Å². The first-order chi connectivity index (χ1) is 13.8. The monoisotopic (exact) mass is 399 g/mol. The fourth-order valence-electron chi connectivity index (χ4n) is 2.74. The Labute approximate surface area is 168 Å². The van der Waals surface area contributed by atoms with E-state index in [1.165, 1.54) is 6.33 Å². The lowest BCUT2D eigenvalue weighted by Crippen LogP contribution is -2.08. The third-order valence-corrected chi connectivity index (χ3v) is 4.22. The second-order valence-electron chi connectivity index (χ2n) is 6.20. The minimum Gasteiger partial charge on any atom is -0.496 e. The van der Waals surface area contributed by atoms with Gasteiger partial charge in [-0.1, -0.05) is 0 Å². The van der Waals surface area contributed by atoms with E-state index in [9.17, 15) is 9.59 Å². The van der Waals surface area contributed by atoms with Crippen LogP contribution in [0.3, 0.4) is 0 Å². The molecule has 1 aromatic heterocycles. The van der Waals surface area contributed by atoms with E-state index in [1.54, 1.807) is 39.3 Å². The van der Waals surface area contributed by atoms with Gasteiger partial charge in [-0.25, -0.2) is 9.78 Å². The van der Waals surface area contributed by atoms with Crippen LogP contribution in [0.4, 0.5) is 5.69 Å². The number of carbonyl (C=O) groups is 1. The highest BCUT2D eigenvalue weighted by Crippen LogP contribution is 2.25. The van der Waals surface area contributed by atoms with E-state index in [0.717, 1.165) is 11.1 Å². The molecule has 3 rings (SSSR count). The number of rotatable bonds is 4. The molecule has 0 amide bonds. The smallest absolute Gasteiger partial charge is 0.340 e. The number of nitrogens with one attached hydrogen (secondary N) is 1. The highest BCUT2D eigenvalue weighted by molar-refractivity contribution is 5.95. The second-order valence-corrected chi connectivity index (χ2v) is 6.20. The van der Waals surface area contributed by atoms with Gasteiger partial charge in [-0.15, -0.1) is 0 Å². The molecule has 8 nitrogen and oxygen atoms in total. The molecule has 0 saturated heterocycles. The number of nitrogens with zero attached hydrogens (tertiary/aromatic N) is 1. The van der Waals surface area contributed by atoms with Crippen molar-refractivity contribution in [2.24, 2.45) is 0 Å². The number of anilines is 1. The van der Waals surface area contributed by atoms with Crippen molar-refractivity contribution in [3.8, 4) is 11.5 Å². The van der Waals surface area contributed by atoms with E-state index in [2.05, 4.69) is 9.97 Å². The highest BCUT2D eigenvalue weighted by Gasteiger charge is 2.13. The van der Waals surface area contributed by atoms with Crippen molar-refractivity contribution in [3.63, 3.8) is 0 Å². The fraction of sp³-hybridized carbons (Fsp3) is 0.286. The van der Waals surface area contributed by atoms with Crippen LogP contribution in [0.2, 0.25) is 0 Å². The number of hydrogen-bond acceptors (Lipinski definition) is 7. The second kappa shape index (κ2) is 9.59. The maximum atomic E-state index is 11.5. The molecular formula is C21H25N3O5. The van der Waals surface area contributed by atoms with Crippen molar-refractivity contribution < 1.29 is 19.0 Å². The number of nitrogen functional groups attached to an aromatic ring is 1. The van der Waals surface area contributed by atoms with Gasteiger partial charge in [0.25, 0.3) is 5.56 Å². The largest absolute Gasteiger partial charge is 0.496 e. The van der Waals surface area contributed by atoms with Gasteiger partial charge in [-0.05, 0) is 56.2 Å². The molecule has 0 aliphatic carbocycles. The lowest BCUT2D eigenvalue weighted by atomic mass is 10.1. The number of ether oxygens (including phenoxy) is 3. The Morgan fingerprint density at radius 1 is 1.07 bits per heavy atom. The number of aromatic nitrogens is 2. The first-order valence-corrected chi connectivity index (χ1v) is 8.95. The molecule has 0 radical (unpaired) electrons. The summed E-state index contributed by atoms with van der Waals surface area (Å²) in [5, 5.41) is 0.551. The van der Waals surface area contributed by atoms with Gasteiger partial charge in [0, 0.05) is 5.69 Å². The van der Waals surface area contributed by atoms with Gasteiger partial charge >= 0.3 is 5.97 Å². The number of aryl methyl sites for hydroxylation is 2. The van der Waals surface area contributed by atoms with Gasteiger partial charge < -0.3 is 24.9 Å². The van der Waals surface area contributed by atoms with Crippen LogP contribution in [0.25, 0.3) is 10.9 Å². The minimum absolute atomic E-state index is 0.145. The summed E-state index contributed by atoms with van der Waals surface area (Å²) >= 11 is 0. The zero-order chi connectivity index (χ0) is 21.6. The first-order valence-electron chi connectivity index (χ1n) is 8.95. The zero-order valence-electron chi connectivity index (χ0n) is 17.2. The number of esters is 1. The molecule has 29 heavy (non-hydrogen) atoms. The molecule has 154 valence electrons. The van der Waals surface area contributed by atoms with Gasteiger partial charge in [0.15, 0.2) is 0 Å². The van der Waals surface area contributed by atoms with Gasteiger partial charge in [0.2, 0.25) is 0 Å². The third-order valence-electron chi connectivity index (χ3n) is 4.22. The molecule has 0 atom stereocenters. The van der Waals surface area contributed by atoms with E-state index >= 15 is 0 Å². The quantitative estimate of drug-likeness (QED) is 0.512. The predicted molar refractivity (Wildman–Crippen MR) is 112 cm³/mol. The molecule has 3 N–H and O–H groups in total. The maximum Gasteiger partial charge on any atom is 0.340 e. The molecule has 0 bridgehead atoms. The molecule has 0 spiro atoms. The van der Waals surface area contributed by atoms with E-state index in [4.69, 9.17) is 19.9 Å². The molecule has 0 fully saturated rings. The van der Waals surface area contributed by atoms with Crippen molar-refractivity contribution in [1.29, 1.82) is 0 Å². The summed E-state index contributed by atoms with van der Waals surface area (Å²) < 4.78 is 15.1. The van der Waals surface area contributed by atoms with Crippen LogP contribution in [0.15, 0.2) is 35.4 Å². The van der Waals surface area contributed by atoms with Crippen LogP contribution in [0.1, 0.15) is 28.4 Å². The number of nitrogens with two attached hydrogens (primary N) is 1. The number of fused-ring (bicyclic) bond motifs is 1. The van der Waals surface area contributed by atoms with Gasteiger partial charge in [0.1, 0.15) is 11.5 Å². The van der Waals surface area contributed by atoms with Gasteiger partial charge in [0.05, 0.1) is 43.6 Å². The van der Waals surface area contributed by atoms with Crippen molar-refractivity contribution in [2.45, 2.75) is 20.8 Å². The van der Waals surface area contributed by atoms with Crippen LogP contribution in [0, 0.1) is 13.8 Å². The number of aromatic amines is 1. The van der Waals surface area contributed by atoms with Crippen LogP contribution in [-0.2, 0) is 4.74 Å². The van der Waals surface area contributed by atoms with Crippen molar-refractivity contribution in [3.05, 3.63) is 57.6 Å². The predicted octanol–water partition coefficient (Wildman–Crippen LogP) is 3.00. The topological polar surface area (TPSA) is 117 Å². The molecular weight excluding hydrogens is 374 g/mol. The average Bonchev–Trinajstić information content (AvgIpc) is 2.68. The van der Waals surface area contributed by atoms with E-state index in [-0.39, 0.29) is 5.56 Å². The SMILES string of the molecule is CCOC(=O)c1cc(OC)c(C)cc1N.COc1cc2c(=O)[nH]cnc2cc1C. The standard InChI is InChI=1S/C11H15NO3.C10H10N2O2/c1-4-15-11(13)8-6-10(14-3)7(2)5-9(8)12;1-6-3-8-7(4-9(6)14-2)10(13)12-5-11-8/h5-6H,4,12H2,1-3H3;3-5H,1-2H3,(H,11,12,13). The van der Waals surface area contributed by atoms with Crippen LogP contribution < -0.4 is 20.8 Å². The summed E-state index contributed by atoms with van der Waals surface area (Å²) in [6.07, 6.45) is 1.40. The fourth-order valence-corrected chi connectivity index (χ4v) is 2.74. The Morgan fingerprint density at radius 2 is 1.69 bits per heavy atom. The summed E-state index contributed by atoms with van der Waals surface area (Å²) in [6, 6.07) is 6.84. The molecule has 0 aliphatic rings. The molecule has 1 heterocycles. The van der Waals surface area contributed by atoms with Crippen LogP contribution in [-0.4, -0.2) is 36.8 Å². The maximum absolute atomic E-state index is 11.5. The average molecular weight is 399 g/mol. The first kappa shape index (κ1) is 21.7. The Morgan fingerprint density at radius 3 is 2.31 bits per heavy atom. The molecule has 0 aliphatic heterocycles. The van der Waals surface area contributed by atoms with Crippen molar-refractivity contribution in [2.75, 3.05) is 26.6 Å². The summed E-state index contributed by atoms with van der Waals surface area (Å²) in [5.41, 5.74) is 8.88. The Balaban J connectivity index is 0.000000207. The number of methoxy groups -OCH3 is 2. The molecule has 8 heteroatoms. The minimum atomic E-state index is -0.423. The van der Waals surface area contributed by atoms with Crippen molar-refractivity contribution >= 4 is 22.6 Å². The van der Waals surface area contributed by atoms with Crippen LogP contribution in [0.5, 0.6) is 11.5 Å². The van der Waals surface area contributed by atoms with Gasteiger partial charge in [-0.3, -0.25) is 4.79 Å². The lowest BCUT2D eigenvalue weighted by Gasteiger charge is -2.10. The summed E-state index contributed by atoms with van der Waals surface area (Å²) in [7, 11) is 3.13. The van der Waals surface area contributed by atoms with Gasteiger partial charge in [-0.2, -0.15) is 0 Å².